The van der Waals surface area contributed by atoms with Gasteiger partial charge in [0.05, 0.1) is 11.2 Å². The number of aromatic nitrogens is 3. The van der Waals surface area contributed by atoms with E-state index < -0.39 is 0 Å². The van der Waals surface area contributed by atoms with Crippen LogP contribution in [0.1, 0.15) is 5.56 Å². The lowest BCUT2D eigenvalue weighted by Crippen LogP contribution is -1.96. The average Bonchev–Trinajstić information content (AvgIpc) is 2.99. The maximum Gasteiger partial charge on any atom is 0.212 e. The fraction of sp³-hybridized carbons (Fsp3) is 0.0625. The first-order valence-corrected chi connectivity index (χ1v) is 8.37. The first-order chi connectivity index (χ1) is 11.2. The summed E-state index contributed by atoms with van der Waals surface area (Å²) in [7, 11) is 0. The van der Waals surface area contributed by atoms with E-state index in [0.717, 1.165) is 11.1 Å². The molecule has 1 aromatic heterocycles. The minimum Gasteiger partial charge on any atom is -0.506 e. The maximum atomic E-state index is 9.47. The fourth-order valence-corrected chi connectivity index (χ4v) is 2.61. The number of halogens is 1. The molecule has 0 saturated carbocycles. The van der Waals surface area contributed by atoms with Crippen molar-refractivity contribution in [2.45, 2.75) is 5.16 Å². The number of aromatic hydroxyl groups is 1. The van der Waals surface area contributed by atoms with Crippen LogP contribution in [-0.2, 0) is 0 Å². The van der Waals surface area contributed by atoms with Gasteiger partial charge in [-0.1, -0.05) is 53.7 Å². The first-order valence-electron chi connectivity index (χ1n) is 6.76. The Kier molecular flexibility index (Phi) is 4.64. The van der Waals surface area contributed by atoms with Gasteiger partial charge in [-0.05, 0) is 30.0 Å². The van der Waals surface area contributed by atoms with Crippen LogP contribution in [0.15, 0.2) is 58.8 Å². The Labute approximate surface area is 142 Å². The quantitative estimate of drug-likeness (QED) is 0.575. The summed E-state index contributed by atoms with van der Waals surface area (Å²) in [6.45, 7) is 0. The predicted molar refractivity (Wildman–Crippen MR) is 93.3 cm³/mol. The second kappa shape index (κ2) is 6.85. The molecule has 7 heteroatoms. The van der Waals surface area contributed by atoms with Gasteiger partial charge in [0.15, 0.2) is 5.82 Å². The number of nitrogens with zero attached hydrogens (tertiary/aromatic N) is 4. The summed E-state index contributed by atoms with van der Waals surface area (Å²) < 4.78 is 1.68. The van der Waals surface area contributed by atoms with E-state index >= 15 is 0 Å². The van der Waals surface area contributed by atoms with Crippen LogP contribution in [0.5, 0.6) is 5.75 Å². The smallest absolute Gasteiger partial charge is 0.212 e. The van der Waals surface area contributed by atoms with Crippen molar-refractivity contribution in [1.82, 2.24) is 14.9 Å². The molecule has 3 aromatic rings. The van der Waals surface area contributed by atoms with Crippen LogP contribution in [0.25, 0.3) is 11.4 Å². The van der Waals surface area contributed by atoms with E-state index in [9.17, 15) is 5.11 Å². The normalized spacial score (nSPS) is 11.2. The van der Waals surface area contributed by atoms with Gasteiger partial charge in [-0.3, -0.25) is 0 Å². The maximum absolute atomic E-state index is 9.47. The third kappa shape index (κ3) is 3.38. The van der Waals surface area contributed by atoms with Crippen LogP contribution in [0.4, 0.5) is 0 Å². The summed E-state index contributed by atoms with van der Waals surface area (Å²) in [5, 5.41) is 23.3. The Morgan fingerprint density at radius 1 is 1.17 bits per heavy atom. The number of thioether (sulfide) groups is 1. The van der Waals surface area contributed by atoms with Crippen LogP contribution in [0.2, 0.25) is 5.02 Å². The zero-order valence-corrected chi connectivity index (χ0v) is 13.8. The average molecular weight is 345 g/mol. The number of phenols is 1. The molecule has 0 aliphatic carbocycles. The van der Waals surface area contributed by atoms with Gasteiger partial charge in [-0.25, -0.2) is 0 Å². The molecule has 23 heavy (non-hydrogen) atoms. The van der Waals surface area contributed by atoms with Gasteiger partial charge in [0, 0.05) is 5.56 Å². The van der Waals surface area contributed by atoms with Gasteiger partial charge in [0.2, 0.25) is 5.16 Å². The molecule has 0 aliphatic heterocycles. The number of hydrogen-bond donors (Lipinski definition) is 1. The van der Waals surface area contributed by atoms with Gasteiger partial charge in [-0.2, -0.15) is 9.78 Å². The third-order valence-electron chi connectivity index (χ3n) is 3.12. The van der Waals surface area contributed by atoms with E-state index in [0.29, 0.717) is 11.0 Å². The molecule has 0 fully saturated rings. The SMILES string of the molecule is CSc1nnc(-c2ccccc2)n1N=Cc1ccc(O)c(Cl)c1. The summed E-state index contributed by atoms with van der Waals surface area (Å²) in [5.74, 6) is 0.707. The van der Waals surface area contributed by atoms with Gasteiger partial charge in [-0.15, -0.1) is 10.2 Å². The van der Waals surface area contributed by atoms with Crippen LogP contribution < -0.4 is 0 Å². The molecule has 0 bridgehead atoms. The fourth-order valence-electron chi connectivity index (χ4n) is 1.99. The van der Waals surface area contributed by atoms with Gasteiger partial charge < -0.3 is 5.11 Å². The van der Waals surface area contributed by atoms with Crippen molar-refractivity contribution >= 4 is 29.6 Å². The molecule has 2 aromatic carbocycles. The largest absolute Gasteiger partial charge is 0.506 e. The Bertz CT molecular complexity index is 849. The minimum absolute atomic E-state index is 0.0443. The van der Waals surface area contributed by atoms with Gasteiger partial charge in [0.1, 0.15) is 5.75 Å². The van der Waals surface area contributed by atoms with Crippen molar-refractivity contribution in [1.29, 1.82) is 0 Å². The van der Waals surface area contributed by atoms with Crippen molar-refractivity contribution in [3.63, 3.8) is 0 Å². The predicted octanol–water partition coefficient (Wildman–Crippen LogP) is 3.91. The van der Waals surface area contributed by atoms with E-state index in [4.69, 9.17) is 11.6 Å². The van der Waals surface area contributed by atoms with Crippen LogP contribution in [-0.4, -0.2) is 32.5 Å². The molecule has 116 valence electrons. The number of benzene rings is 2. The monoisotopic (exact) mass is 344 g/mol. The van der Waals surface area contributed by atoms with E-state index in [1.807, 2.05) is 36.6 Å². The van der Waals surface area contributed by atoms with Crippen LogP contribution in [0, 0.1) is 0 Å². The van der Waals surface area contributed by atoms with E-state index in [-0.39, 0.29) is 10.8 Å². The van der Waals surface area contributed by atoms with Crippen LogP contribution in [0.3, 0.4) is 0 Å². The molecule has 0 saturated heterocycles. The van der Waals surface area contributed by atoms with Crippen molar-refractivity contribution in [3.8, 4) is 17.1 Å². The topological polar surface area (TPSA) is 63.3 Å². The van der Waals surface area contributed by atoms with Gasteiger partial charge in [0.25, 0.3) is 0 Å². The molecule has 5 nitrogen and oxygen atoms in total. The second-order valence-corrected chi connectivity index (χ2v) is 5.82. The summed E-state index contributed by atoms with van der Waals surface area (Å²) in [4.78, 5) is 0. The molecule has 0 amide bonds. The Morgan fingerprint density at radius 2 is 1.96 bits per heavy atom. The lowest BCUT2D eigenvalue weighted by atomic mass is 10.2. The van der Waals surface area contributed by atoms with Crippen molar-refractivity contribution < 1.29 is 5.11 Å². The molecule has 0 radical (unpaired) electrons. The molecule has 1 N–H and O–H groups in total. The van der Waals surface area contributed by atoms with Crippen molar-refractivity contribution in [2.75, 3.05) is 6.26 Å². The summed E-state index contributed by atoms with van der Waals surface area (Å²) in [5.41, 5.74) is 1.70. The second-order valence-electron chi connectivity index (χ2n) is 4.64. The Hall–Kier alpha value is -2.31. The number of hydrogen-bond acceptors (Lipinski definition) is 5. The molecule has 0 spiro atoms. The highest BCUT2D eigenvalue weighted by Crippen LogP contribution is 2.24. The van der Waals surface area contributed by atoms with Crippen LogP contribution >= 0.6 is 23.4 Å². The van der Waals surface area contributed by atoms with E-state index in [1.165, 1.54) is 17.8 Å². The van der Waals surface area contributed by atoms with E-state index in [1.54, 1.807) is 23.0 Å². The molecule has 0 aliphatic rings. The standard InChI is InChI=1S/C16H13ClN4OS/c1-23-16-20-19-15(12-5-3-2-4-6-12)21(16)18-10-11-7-8-14(22)13(17)9-11/h2-10,22H,1H3. The summed E-state index contributed by atoms with van der Waals surface area (Å²) >= 11 is 7.37. The zero-order chi connectivity index (χ0) is 16.2. The minimum atomic E-state index is 0.0443. The highest BCUT2D eigenvalue weighted by Gasteiger charge is 2.12. The molecular formula is C16H13ClN4OS. The molecule has 3 rings (SSSR count). The Balaban J connectivity index is 2.00. The van der Waals surface area contributed by atoms with E-state index in [2.05, 4.69) is 15.3 Å². The lowest BCUT2D eigenvalue weighted by molar-refractivity contribution is 0.475. The molecular weight excluding hydrogens is 332 g/mol. The summed E-state index contributed by atoms with van der Waals surface area (Å²) in [6.07, 6.45) is 3.57. The molecule has 0 unspecified atom stereocenters. The number of phenolic OH excluding ortho intramolecular Hbond substituents is 1. The van der Waals surface area contributed by atoms with Crippen molar-refractivity contribution in [3.05, 3.63) is 59.1 Å². The zero-order valence-electron chi connectivity index (χ0n) is 12.2. The molecule has 1 heterocycles. The summed E-state index contributed by atoms with van der Waals surface area (Å²) in [6, 6.07) is 14.6. The first kappa shape index (κ1) is 15.6. The van der Waals surface area contributed by atoms with Gasteiger partial charge >= 0.3 is 0 Å². The highest BCUT2D eigenvalue weighted by atomic mass is 35.5. The molecule has 0 atom stereocenters. The Morgan fingerprint density at radius 3 is 2.65 bits per heavy atom. The third-order valence-corrected chi connectivity index (χ3v) is 4.04. The highest BCUT2D eigenvalue weighted by molar-refractivity contribution is 7.98. The lowest BCUT2D eigenvalue weighted by Gasteiger charge is -2.03. The number of rotatable bonds is 4. The van der Waals surface area contributed by atoms with Crippen molar-refractivity contribution in [2.24, 2.45) is 5.10 Å².